The molecule has 0 saturated heterocycles. The van der Waals surface area contributed by atoms with E-state index in [0.29, 0.717) is 17.2 Å². The van der Waals surface area contributed by atoms with Gasteiger partial charge in [0, 0.05) is 18.9 Å². The summed E-state index contributed by atoms with van der Waals surface area (Å²) in [6, 6.07) is 3.31. The second-order valence-corrected chi connectivity index (χ2v) is 5.31. The van der Waals surface area contributed by atoms with Crippen molar-refractivity contribution in [3.8, 4) is 0 Å². The molecule has 0 aliphatic heterocycles. The molecule has 3 N–H and O–H groups in total. The normalized spacial score (nSPS) is 10.1. The number of carbonyl (C=O) groups is 2. The molecule has 0 aliphatic carbocycles. The van der Waals surface area contributed by atoms with Crippen molar-refractivity contribution in [2.45, 2.75) is 20.0 Å². The number of rotatable bonds is 5. The maximum absolute atomic E-state index is 11.6. The zero-order valence-electron chi connectivity index (χ0n) is 11.3. The number of carboxylic acid groups (broad SMARTS) is 1. The lowest BCUT2D eigenvalue weighted by Crippen LogP contribution is -2.34. The molecule has 110 valence electrons. The molecule has 0 aromatic carbocycles. The van der Waals surface area contributed by atoms with Gasteiger partial charge >= 0.3 is 12.0 Å². The molecule has 2 rings (SSSR count). The third-order valence-corrected chi connectivity index (χ3v) is 3.76. The van der Waals surface area contributed by atoms with Gasteiger partial charge in [-0.25, -0.2) is 14.6 Å². The lowest BCUT2D eigenvalue weighted by Gasteiger charge is -2.05. The Bertz CT molecular complexity index is 642. The molecule has 0 spiro atoms. The molecule has 2 amide bonds. The van der Waals surface area contributed by atoms with Crippen LogP contribution in [-0.2, 0) is 13.1 Å². The Kier molecular flexibility index (Phi) is 4.83. The standard InChI is InChI=1S/C13H14N4O3S/c1-8-11(12(18)19)21-10(17-8)7-16-13(20)15-6-9-3-2-4-14-5-9/h2-5H,6-7H2,1H3,(H,18,19)(H2,15,16,20). The number of aromatic nitrogens is 2. The summed E-state index contributed by atoms with van der Waals surface area (Å²) in [5.41, 5.74) is 1.35. The molecular formula is C13H14N4O3S. The van der Waals surface area contributed by atoms with E-state index in [4.69, 9.17) is 5.11 Å². The number of hydrogen-bond acceptors (Lipinski definition) is 5. The highest BCUT2D eigenvalue weighted by Crippen LogP contribution is 2.17. The molecular weight excluding hydrogens is 292 g/mol. The van der Waals surface area contributed by atoms with E-state index in [1.54, 1.807) is 25.4 Å². The number of thiazole rings is 1. The average molecular weight is 306 g/mol. The van der Waals surface area contributed by atoms with Gasteiger partial charge in [0.25, 0.3) is 0 Å². The SMILES string of the molecule is Cc1nc(CNC(=O)NCc2cccnc2)sc1C(=O)O. The van der Waals surface area contributed by atoms with E-state index in [-0.39, 0.29) is 17.5 Å². The number of hydrogen-bond donors (Lipinski definition) is 3. The number of carboxylic acids is 1. The van der Waals surface area contributed by atoms with Crippen molar-refractivity contribution in [2.24, 2.45) is 0 Å². The van der Waals surface area contributed by atoms with Crippen LogP contribution in [0.2, 0.25) is 0 Å². The van der Waals surface area contributed by atoms with E-state index in [0.717, 1.165) is 16.9 Å². The Morgan fingerprint density at radius 2 is 2.10 bits per heavy atom. The number of pyridine rings is 1. The molecule has 21 heavy (non-hydrogen) atoms. The molecule has 8 heteroatoms. The highest BCUT2D eigenvalue weighted by molar-refractivity contribution is 7.13. The lowest BCUT2D eigenvalue weighted by molar-refractivity contribution is 0.0701. The minimum Gasteiger partial charge on any atom is -0.477 e. The highest BCUT2D eigenvalue weighted by Gasteiger charge is 2.14. The summed E-state index contributed by atoms with van der Waals surface area (Å²) in [4.78, 5) is 30.8. The molecule has 2 heterocycles. The van der Waals surface area contributed by atoms with Crippen LogP contribution in [0.15, 0.2) is 24.5 Å². The highest BCUT2D eigenvalue weighted by atomic mass is 32.1. The maximum atomic E-state index is 11.6. The van der Waals surface area contributed by atoms with Crippen molar-refractivity contribution >= 4 is 23.3 Å². The largest absolute Gasteiger partial charge is 0.477 e. The van der Waals surface area contributed by atoms with Gasteiger partial charge in [0.1, 0.15) is 9.88 Å². The van der Waals surface area contributed by atoms with E-state index >= 15 is 0 Å². The van der Waals surface area contributed by atoms with Gasteiger partial charge < -0.3 is 15.7 Å². The minimum atomic E-state index is -1.00. The fourth-order valence-electron chi connectivity index (χ4n) is 1.63. The Morgan fingerprint density at radius 3 is 2.71 bits per heavy atom. The van der Waals surface area contributed by atoms with Gasteiger partial charge in [-0.05, 0) is 18.6 Å². The summed E-state index contributed by atoms with van der Waals surface area (Å²) in [7, 11) is 0. The van der Waals surface area contributed by atoms with Crippen LogP contribution in [0.5, 0.6) is 0 Å². The summed E-state index contributed by atoms with van der Waals surface area (Å²) in [6.45, 7) is 2.19. The van der Waals surface area contributed by atoms with E-state index in [1.165, 1.54) is 0 Å². The minimum absolute atomic E-state index is 0.192. The number of amides is 2. The van der Waals surface area contributed by atoms with Crippen LogP contribution in [0, 0.1) is 6.92 Å². The van der Waals surface area contributed by atoms with Crippen LogP contribution in [0.25, 0.3) is 0 Å². The number of urea groups is 1. The molecule has 0 atom stereocenters. The Morgan fingerprint density at radius 1 is 1.33 bits per heavy atom. The second kappa shape index (κ2) is 6.80. The first kappa shape index (κ1) is 14.9. The van der Waals surface area contributed by atoms with Crippen molar-refractivity contribution < 1.29 is 14.7 Å². The quantitative estimate of drug-likeness (QED) is 0.777. The summed E-state index contributed by atoms with van der Waals surface area (Å²) in [6.07, 6.45) is 3.33. The van der Waals surface area contributed by atoms with Gasteiger partial charge in [-0.1, -0.05) is 6.07 Å². The Balaban J connectivity index is 1.81. The van der Waals surface area contributed by atoms with Crippen LogP contribution in [0.1, 0.15) is 25.9 Å². The first-order valence-electron chi connectivity index (χ1n) is 6.16. The van der Waals surface area contributed by atoms with Crippen molar-refractivity contribution in [3.05, 3.63) is 45.7 Å². The fraction of sp³-hybridized carbons (Fsp3) is 0.231. The van der Waals surface area contributed by atoms with E-state index in [1.807, 2.05) is 6.07 Å². The molecule has 0 bridgehead atoms. The number of aromatic carboxylic acids is 1. The number of aryl methyl sites for hydroxylation is 1. The molecule has 0 radical (unpaired) electrons. The maximum Gasteiger partial charge on any atom is 0.347 e. The van der Waals surface area contributed by atoms with Crippen molar-refractivity contribution in [1.82, 2.24) is 20.6 Å². The summed E-state index contributed by atoms with van der Waals surface area (Å²) >= 11 is 1.06. The number of nitrogens with one attached hydrogen (secondary N) is 2. The first-order chi connectivity index (χ1) is 10.1. The van der Waals surface area contributed by atoms with Gasteiger partial charge in [-0.2, -0.15) is 0 Å². The zero-order valence-corrected chi connectivity index (χ0v) is 12.1. The lowest BCUT2D eigenvalue weighted by atomic mass is 10.3. The summed E-state index contributed by atoms with van der Waals surface area (Å²) < 4.78 is 0. The van der Waals surface area contributed by atoms with Gasteiger partial charge in [0.2, 0.25) is 0 Å². The molecule has 7 nitrogen and oxygen atoms in total. The molecule has 0 aliphatic rings. The van der Waals surface area contributed by atoms with Crippen LogP contribution in [-0.4, -0.2) is 27.1 Å². The molecule has 0 fully saturated rings. The van der Waals surface area contributed by atoms with Crippen LogP contribution in [0.4, 0.5) is 4.79 Å². The van der Waals surface area contributed by atoms with Gasteiger partial charge in [0.15, 0.2) is 0 Å². The Hall–Kier alpha value is -2.48. The van der Waals surface area contributed by atoms with Gasteiger partial charge in [-0.15, -0.1) is 11.3 Å². The predicted molar refractivity (Wildman–Crippen MR) is 77.1 cm³/mol. The molecule has 2 aromatic heterocycles. The monoisotopic (exact) mass is 306 g/mol. The number of carbonyl (C=O) groups excluding carboxylic acids is 1. The molecule has 0 unspecified atom stereocenters. The third kappa shape index (κ3) is 4.25. The first-order valence-corrected chi connectivity index (χ1v) is 6.98. The number of nitrogens with zero attached hydrogens (tertiary/aromatic N) is 2. The van der Waals surface area contributed by atoms with Crippen molar-refractivity contribution in [1.29, 1.82) is 0 Å². The average Bonchev–Trinajstić information content (AvgIpc) is 2.85. The van der Waals surface area contributed by atoms with Crippen LogP contribution >= 0.6 is 11.3 Å². The zero-order chi connectivity index (χ0) is 15.2. The van der Waals surface area contributed by atoms with Gasteiger partial charge in [-0.3, -0.25) is 4.98 Å². The van der Waals surface area contributed by atoms with Crippen molar-refractivity contribution in [3.63, 3.8) is 0 Å². The van der Waals surface area contributed by atoms with Crippen LogP contribution < -0.4 is 10.6 Å². The van der Waals surface area contributed by atoms with Crippen molar-refractivity contribution in [2.75, 3.05) is 0 Å². The molecule has 0 saturated carbocycles. The fourth-order valence-corrected chi connectivity index (χ4v) is 2.47. The Labute approximate surface area is 125 Å². The van der Waals surface area contributed by atoms with Gasteiger partial charge in [0.05, 0.1) is 12.2 Å². The topological polar surface area (TPSA) is 104 Å². The molecule has 2 aromatic rings. The summed E-state index contributed by atoms with van der Waals surface area (Å²) in [5.74, 6) is -1.00. The van der Waals surface area contributed by atoms with E-state index < -0.39 is 5.97 Å². The van der Waals surface area contributed by atoms with Crippen LogP contribution in [0.3, 0.4) is 0 Å². The smallest absolute Gasteiger partial charge is 0.347 e. The second-order valence-electron chi connectivity index (χ2n) is 4.22. The van der Waals surface area contributed by atoms with E-state index in [2.05, 4.69) is 20.6 Å². The van der Waals surface area contributed by atoms with E-state index in [9.17, 15) is 9.59 Å². The third-order valence-electron chi connectivity index (χ3n) is 2.61. The predicted octanol–water partition coefficient (Wildman–Crippen LogP) is 1.54. The summed E-state index contributed by atoms with van der Waals surface area (Å²) in [5, 5.41) is 14.8.